The van der Waals surface area contributed by atoms with Gasteiger partial charge < -0.3 is 15.0 Å². The SMILES string of the molecule is CCc1cc(C(=O)N2CCOCC2C)cc(NC)n1. The minimum absolute atomic E-state index is 0.0596. The number of carbonyl (C=O) groups is 1. The summed E-state index contributed by atoms with van der Waals surface area (Å²) < 4.78 is 5.37. The fourth-order valence-corrected chi connectivity index (χ4v) is 2.22. The van der Waals surface area contributed by atoms with Gasteiger partial charge in [0.15, 0.2) is 0 Å². The lowest BCUT2D eigenvalue weighted by Gasteiger charge is -2.33. The summed E-state index contributed by atoms with van der Waals surface area (Å²) in [4.78, 5) is 18.8. The second kappa shape index (κ2) is 6.02. The van der Waals surface area contributed by atoms with Crippen molar-refractivity contribution in [3.63, 3.8) is 0 Å². The molecule has 0 radical (unpaired) electrons. The largest absolute Gasteiger partial charge is 0.377 e. The van der Waals surface area contributed by atoms with Crippen molar-refractivity contribution in [2.45, 2.75) is 26.3 Å². The van der Waals surface area contributed by atoms with Gasteiger partial charge in [-0.2, -0.15) is 0 Å². The van der Waals surface area contributed by atoms with E-state index in [1.807, 2.05) is 37.9 Å². The average molecular weight is 263 g/mol. The number of hydrogen-bond acceptors (Lipinski definition) is 4. The molecule has 0 spiro atoms. The molecule has 0 saturated carbocycles. The van der Waals surface area contributed by atoms with Crippen LogP contribution in [0.4, 0.5) is 5.82 Å². The van der Waals surface area contributed by atoms with Crippen molar-refractivity contribution in [2.24, 2.45) is 0 Å². The van der Waals surface area contributed by atoms with E-state index in [1.165, 1.54) is 0 Å². The zero-order valence-corrected chi connectivity index (χ0v) is 11.8. The number of pyridine rings is 1. The summed E-state index contributed by atoms with van der Waals surface area (Å²) in [7, 11) is 1.81. The lowest BCUT2D eigenvalue weighted by molar-refractivity contribution is 0.00358. The monoisotopic (exact) mass is 263 g/mol. The molecule has 2 rings (SSSR count). The van der Waals surface area contributed by atoms with E-state index in [9.17, 15) is 4.79 Å². The van der Waals surface area contributed by atoms with Crippen LogP contribution in [-0.4, -0.2) is 48.6 Å². The fourth-order valence-electron chi connectivity index (χ4n) is 2.22. The minimum Gasteiger partial charge on any atom is -0.377 e. The normalized spacial score (nSPS) is 19.3. The molecule has 0 aliphatic carbocycles. The van der Waals surface area contributed by atoms with Crippen molar-refractivity contribution in [1.82, 2.24) is 9.88 Å². The Morgan fingerprint density at radius 1 is 1.58 bits per heavy atom. The first-order valence-corrected chi connectivity index (χ1v) is 6.73. The summed E-state index contributed by atoms with van der Waals surface area (Å²) in [5, 5.41) is 3.00. The molecule has 19 heavy (non-hydrogen) atoms. The molecule has 1 saturated heterocycles. The summed E-state index contributed by atoms with van der Waals surface area (Å²) in [5.41, 5.74) is 1.63. The first-order valence-electron chi connectivity index (χ1n) is 6.73. The van der Waals surface area contributed by atoms with E-state index >= 15 is 0 Å². The van der Waals surface area contributed by atoms with E-state index in [0.717, 1.165) is 17.9 Å². The summed E-state index contributed by atoms with van der Waals surface area (Å²) in [6, 6.07) is 3.81. The zero-order valence-electron chi connectivity index (χ0n) is 11.8. The summed E-state index contributed by atoms with van der Waals surface area (Å²) in [5.74, 6) is 0.799. The lowest BCUT2D eigenvalue weighted by Crippen LogP contribution is -2.47. The van der Waals surface area contributed by atoms with Gasteiger partial charge in [-0.1, -0.05) is 6.92 Å². The Kier molecular flexibility index (Phi) is 4.37. The van der Waals surface area contributed by atoms with Gasteiger partial charge in [0.1, 0.15) is 5.82 Å². The standard InChI is InChI=1S/C14H21N3O2/c1-4-12-7-11(8-13(15-3)16-12)14(18)17-5-6-19-9-10(17)2/h7-8,10H,4-6,9H2,1-3H3,(H,15,16). The van der Waals surface area contributed by atoms with Crippen molar-refractivity contribution in [3.05, 3.63) is 23.4 Å². The van der Waals surface area contributed by atoms with E-state index in [1.54, 1.807) is 0 Å². The van der Waals surface area contributed by atoms with Crippen molar-refractivity contribution in [3.8, 4) is 0 Å². The Morgan fingerprint density at radius 3 is 3.00 bits per heavy atom. The Balaban J connectivity index is 2.26. The van der Waals surface area contributed by atoms with Gasteiger partial charge in [0.25, 0.3) is 5.91 Å². The van der Waals surface area contributed by atoms with Gasteiger partial charge in [-0.05, 0) is 25.5 Å². The lowest BCUT2D eigenvalue weighted by atomic mass is 10.1. The maximum Gasteiger partial charge on any atom is 0.254 e. The number of nitrogens with zero attached hydrogens (tertiary/aromatic N) is 2. The van der Waals surface area contributed by atoms with E-state index < -0.39 is 0 Å². The van der Waals surface area contributed by atoms with Crippen LogP contribution < -0.4 is 5.32 Å². The van der Waals surface area contributed by atoms with Crippen LogP contribution in [0.1, 0.15) is 29.9 Å². The highest BCUT2D eigenvalue weighted by Gasteiger charge is 2.25. The first kappa shape index (κ1) is 13.8. The van der Waals surface area contributed by atoms with Crippen LogP contribution >= 0.6 is 0 Å². The van der Waals surface area contributed by atoms with Crippen molar-refractivity contribution < 1.29 is 9.53 Å². The fraction of sp³-hybridized carbons (Fsp3) is 0.571. The third kappa shape index (κ3) is 3.04. The zero-order chi connectivity index (χ0) is 13.8. The first-order chi connectivity index (χ1) is 9.15. The molecule has 1 amide bonds. The summed E-state index contributed by atoms with van der Waals surface area (Å²) in [6.45, 7) is 5.92. The molecule has 1 atom stereocenters. The van der Waals surface area contributed by atoms with Gasteiger partial charge in [0.2, 0.25) is 0 Å². The molecule has 2 heterocycles. The third-order valence-electron chi connectivity index (χ3n) is 3.37. The number of hydrogen-bond donors (Lipinski definition) is 1. The van der Waals surface area contributed by atoms with Gasteiger partial charge in [-0.15, -0.1) is 0 Å². The molecule has 0 bridgehead atoms. The molecule has 1 aromatic rings. The molecule has 1 fully saturated rings. The molecule has 1 unspecified atom stereocenters. The second-order valence-corrected chi connectivity index (χ2v) is 4.76. The maximum absolute atomic E-state index is 12.6. The smallest absolute Gasteiger partial charge is 0.254 e. The van der Waals surface area contributed by atoms with E-state index in [2.05, 4.69) is 10.3 Å². The number of ether oxygens (including phenoxy) is 1. The number of anilines is 1. The van der Waals surface area contributed by atoms with Crippen LogP contribution in [0, 0.1) is 0 Å². The van der Waals surface area contributed by atoms with Gasteiger partial charge in [0.05, 0.1) is 19.3 Å². The number of carbonyl (C=O) groups excluding carboxylic acids is 1. The second-order valence-electron chi connectivity index (χ2n) is 4.76. The summed E-state index contributed by atoms with van der Waals surface area (Å²) in [6.07, 6.45) is 0.814. The van der Waals surface area contributed by atoms with Gasteiger partial charge in [-0.25, -0.2) is 4.98 Å². The Hall–Kier alpha value is -1.62. The van der Waals surface area contributed by atoms with Gasteiger partial charge >= 0.3 is 0 Å². The van der Waals surface area contributed by atoms with Crippen LogP contribution in [0.2, 0.25) is 0 Å². The average Bonchev–Trinajstić information content (AvgIpc) is 2.46. The van der Waals surface area contributed by atoms with Crippen LogP contribution in [0.15, 0.2) is 12.1 Å². The van der Waals surface area contributed by atoms with Crippen LogP contribution in [0.3, 0.4) is 0 Å². The molecular weight excluding hydrogens is 242 g/mol. The van der Waals surface area contributed by atoms with Crippen molar-refractivity contribution in [2.75, 3.05) is 32.1 Å². The van der Waals surface area contributed by atoms with E-state index in [4.69, 9.17) is 4.74 Å². The molecule has 5 nitrogen and oxygen atoms in total. The maximum atomic E-state index is 12.6. The van der Waals surface area contributed by atoms with Crippen molar-refractivity contribution >= 4 is 11.7 Å². The predicted molar refractivity (Wildman–Crippen MR) is 74.5 cm³/mol. The number of aryl methyl sites for hydroxylation is 1. The number of nitrogens with one attached hydrogen (secondary N) is 1. The highest BCUT2D eigenvalue weighted by Crippen LogP contribution is 2.16. The number of amides is 1. The third-order valence-corrected chi connectivity index (χ3v) is 3.37. The van der Waals surface area contributed by atoms with Crippen LogP contribution in [0.5, 0.6) is 0 Å². The molecule has 1 aliphatic rings. The molecule has 1 aromatic heterocycles. The van der Waals surface area contributed by atoms with Gasteiger partial charge in [-0.3, -0.25) is 4.79 Å². The topological polar surface area (TPSA) is 54.5 Å². The Labute approximate surface area is 114 Å². The van der Waals surface area contributed by atoms with Crippen LogP contribution in [-0.2, 0) is 11.2 Å². The van der Waals surface area contributed by atoms with E-state index in [-0.39, 0.29) is 11.9 Å². The van der Waals surface area contributed by atoms with Crippen LogP contribution in [0.25, 0.3) is 0 Å². The molecular formula is C14H21N3O2. The number of rotatable bonds is 3. The van der Waals surface area contributed by atoms with Gasteiger partial charge in [0, 0.05) is 24.8 Å². The molecule has 1 aliphatic heterocycles. The van der Waals surface area contributed by atoms with E-state index in [0.29, 0.717) is 25.3 Å². The Bertz CT molecular complexity index is 440. The minimum atomic E-state index is 0.0596. The highest BCUT2D eigenvalue weighted by molar-refractivity contribution is 5.95. The molecule has 104 valence electrons. The van der Waals surface area contributed by atoms with Crippen molar-refractivity contribution in [1.29, 1.82) is 0 Å². The highest BCUT2D eigenvalue weighted by atomic mass is 16.5. The molecule has 0 aromatic carbocycles. The summed E-state index contributed by atoms with van der Waals surface area (Å²) >= 11 is 0. The molecule has 5 heteroatoms. The number of aromatic nitrogens is 1. The molecule has 1 N–H and O–H groups in total. The quantitative estimate of drug-likeness (QED) is 0.899. The Morgan fingerprint density at radius 2 is 2.37 bits per heavy atom. The predicted octanol–water partition coefficient (Wildman–Crippen LogP) is 1.55. The number of morpholine rings is 1.